The van der Waals surface area contributed by atoms with E-state index in [-0.39, 0.29) is 13.2 Å². The van der Waals surface area contributed by atoms with Crippen LogP contribution >= 0.6 is 7.57 Å². The molecule has 0 heterocycles. The highest BCUT2D eigenvalue weighted by atomic mass is 31.2. The van der Waals surface area contributed by atoms with Gasteiger partial charge in [-0.2, -0.15) is 0 Å². The zero-order valence-corrected chi connectivity index (χ0v) is 6.88. The van der Waals surface area contributed by atoms with E-state index in [0.717, 1.165) is 0 Å². The first-order chi connectivity index (χ1) is 4.62. The highest BCUT2D eigenvalue weighted by Gasteiger charge is 2.08. The Morgan fingerprint density at radius 3 is 2.50 bits per heavy atom. The monoisotopic (exact) mass is 168 g/mol. The van der Waals surface area contributed by atoms with Gasteiger partial charge in [0.15, 0.2) is 0 Å². The van der Waals surface area contributed by atoms with Gasteiger partial charge in [-0.3, -0.25) is 0 Å². The van der Waals surface area contributed by atoms with Gasteiger partial charge >= 0.3 is 0 Å². The molecule has 4 nitrogen and oxygen atoms in total. The molecule has 0 aromatic rings. The third-order valence-electron chi connectivity index (χ3n) is 0.715. The van der Waals surface area contributed by atoms with Crippen LogP contribution in [-0.4, -0.2) is 36.1 Å². The molecule has 5 heteroatoms. The van der Waals surface area contributed by atoms with Crippen LogP contribution in [0.4, 0.5) is 0 Å². The first-order valence-corrected chi connectivity index (χ1v) is 4.74. The molecule has 0 bridgehead atoms. The summed E-state index contributed by atoms with van der Waals surface area (Å²) < 4.78 is 9.46. The smallest absolute Gasteiger partial charge is 0.248 e. The molecule has 0 aromatic heterocycles. The molecule has 0 saturated heterocycles. The van der Waals surface area contributed by atoms with Crippen LogP contribution in [0, 0.1) is 0 Å². The SMILES string of the molecule is C=P(O)(OCC)OCCO. The van der Waals surface area contributed by atoms with E-state index in [9.17, 15) is 0 Å². The predicted molar refractivity (Wildman–Crippen MR) is 40.9 cm³/mol. The van der Waals surface area contributed by atoms with Gasteiger partial charge in [0.2, 0.25) is 7.57 Å². The highest BCUT2D eigenvalue weighted by molar-refractivity contribution is 7.58. The topological polar surface area (TPSA) is 58.9 Å². The molecule has 10 heavy (non-hydrogen) atoms. The van der Waals surface area contributed by atoms with Crippen LogP contribution in [0.5, 0.6) is 0 Å². The maximum Gasteiger partial charge on any atom is 0.248 e. The molecule has 0 radical (unpaired) electrons. The summed E-state index contributed by atoms with van der Waals surface area (Å²) in [4.78, 5) is 9.09. The highest BCUT2D eigenvalue weighted by Crippen LogP contribution is 2.41. The van der Waals surface area contributed by atoms with Gasteiger partial charge in [0, 0.05) is 0 Å². The largest absolute Gasteiger partial charge is 0.394 e. The summed E-state index contributed by atoms with van der Waals surface area (Å²) in [6, 6.07) is 0. The summed E-state index contributed by atoms with van der Waals surface area (Å²) in [5.74, 6) is 0. The van der Waals surface area contributed by atoms with Crippen molar-refractivity contribution < 1.29 is 19.0 Å². The van der Waals surface area contributed by atoms with Crippen molar-refractivity contribution in [2.24, 2.45) is 0 Å². The quantitative estimate of drug-likeness (QED) is 0.576. The van der Waals surface area contributed by atoms with E-state index >= 15 is 0 Å². The first kappa shape index (κ1) is 10.1. The molecule has 0 aliphatic heterocycles. The lowest BCUT2D eigenvalue weighted by Gasteiger charge is -2.15. The summed E-state index contributed by atoms with van der Waals surface area (Å²) in [5.41, 5.74) is 0. The molecule has 0 aromatic carbocycles. The molecule has 0 aliphatic carbocycles. The van der Waals surface area contributed by atoms with Gasteiger partial charge in [-0.25, -0.2) is 0 Å². The van der Waals surface area contributed by atoms with Crippen molar-refractivity contribution in [1.82, 2.24) is 0 Å². The number of hydrogen-bond acceptors (Lipinski definition) is 4. The minimum absolute atomic E-state index is 0.0633. The van der Waals surface area contributed by atoms with E-state index in [0.29, 0.717) is 6.61 Å². The van der Waals surface area contributed by atoms with Crippen molar-refractivity contribution in [1.29, 1.82) is 0 Å². The minimum Gasteiger partial charge on any atom is -0.394 e. The van der Waals surface area contributed by atoms with Gasteiger partial charge in [0.1, 0.15) is 0 Å². The molecule has 0 aliphatic rings. The Morgan fingerprint density at radius 1 is 1.50 bits per heavy atom. The predicted octanol–water partition coefficient (Wildman–Crippen LogP) is 0.219. The lowest BCUT2D eigenvalue weighted by atomic mass is 10.8. The van der Waals surface area contributed by atoms with E-state index in [1.807, 2.05) is 0 Å². The van der Waals surface area contributed by atoms with Gasteiger partial charge < -0.3 is 19.0 Å². The Kier molecular flexibility index (Phi) is 4.95. The Labute approximate surface area is 60.6 Å². The van der Waals surface area contributed by atoms with Crippen LogP contribution in [0.25, 0.3) is 0 Å². The summed E-state index contributed by atoms with van der Waals surface area (Å²) in [5, 5.41) is 8.30. The molecule has 62 valence electrons. The van der Waals surface area contributed by atoms with Crippen LogP contribution in [0.3, 0.4) is 0 Å². The number of aliphatic hydroxyl groups excluding tert-OH is 1. The first-order valence-electron chi connectivity index (χ1n) is 2.98. The number of rotatable bonds is 5. The van der Waals surface area contributed by atoms with Crippen LogP contribution in [0.1, 0.15) is 6.92 Å². The lowest BCUT2D eigenvalue weighted by molar-refractivity contribution is 0.159. The normalized spacial score (nSPS) is 16.7. The van der Waals surface area contributed by atoms with E-state index in [2.05, 4.69) is 6.30 Å². The molecule has 1 unspecified atom stereocenters. The third-order valence-corrected chi connectivity index (χ3v) is 1.96. The van der Waals surface area contributed by atoms with Gasteiger partial charge in [0.05, 0.1) is 19.8 Å². The van der Waals surface area contributed by atoms with Crippen LogP contribution in [0.15, 0.2) is 0 Å². The minimum atomic E-state index is -2.87. The summed E-state index contributed by atoms with van der Waals surface area (Å²) >= 11 is 0. The zero-order chi connectivity index (χ0) is 8.04. The summed E-state index contributed by atoms with van der Waals surface area (Å²) in [6.45, 7) is 2.02. The van der Waals surface area contributed by atoms with Gasteiger partial charge in [-0.15, -0.1) is 0 Å². The average Bonchev–Trinajstić information content (AvgIpc) is 1.84. The molecule has 0 saturated carbocycles. The lowest BCUT2D eigenvalue weighted by Crippen LogP contribution is -1.99. The molecule has 0 rings (SSSR count). The zero-order valence-electron chi connectivity index (χ0n) is 5.99. The van der Waals surface area contributed by atoms with Crippen LogP contribution in [0.2, 0.25) is 0 Å². The fourth-order valence-corrected chi connectivity index (χ4v) is 1.27. The van der Waals surface area contributed by atoms with E-state index in [4.69, 9.17) is 19.0 Å². The van der Waals surface area contributed by atoms with Crippen molar-refractivity contribution in [2.45, 2.75) is 6.92 Å². The van der Waals surface area contributed by atoms with Gasteiger partial charge in [0.25, 0.3) is 0 Å². The number of aliphatic hydroxyl groups is 1. The molecule has 0 spiro atoms. The Balaban J connectivity index is 3.53. The summed E-state index contributed by atoms with van der Waals surface area (Å²) in [7, 11) is -2.87. The van der Waals surface area contributed by atoms with E-state index in [1.165, 1.54) is 0 Å². The second kappa shape index (κ2) is 4.88. The van der Waals surface area contributed by atoms with Gasteiger partial charge in [-0.1, -0.05) is 0 Å². The van der Waals surface area contributed by atoms with Crippen LogP contribution in [-0.2, 0) is 9.05 Å². The Hall–Kier alpha value is 0.140. The molecule has 0 amide bonds. The van der Waals surface area contributed by atoms with E-state index in [1.54, 1.807) is 6.92 Å². The molecular weight excluding hydrogens is 155 g/mol. The Bertz CT molecular complexity index is 125. The fourth-order valence-electron chi connectivity index (χ4n) is 0.422. The Morgan fingerprint density at radius 2 is 2.10 bits per heavy atom. The molecule has 1 atom stereocenters. The molecule has 2 N–H and O–H groups in total. The van der Waals surface area contributed by atoms with Gasteiger partial charge in [-0.05, 0) is 13.2 Å². The van der Waals surface area contributed by atoms with Crippen LogP contribution < -0.4 is 0 Å². The number of hydrogen-bond donors (Lipinski definition) is 2. The second-order valence-electron chi connectivity index (χ2n) is 1.61. The van der Waals surface area contributed by atoms with Crippen molar-refractivity contribution in [3.63, 3.8) is 0 Å². The molecule has 0 fully saturated rings. The maximum atomic E-state index is 9.09. The average molecular weight is 168 g/mol. The third kappa shape index (κ3) is 4.97. The second-order valence-corrected chi connectivity index (χ2v) is 3.40. The standard InChI is InChI=1S/C5H13O4P/c1-3-8-10(2,7)9-5-4-6/h6-7H,2-5H2,1H3. The van der Waals surface area contributed by atoms with Crippen molar-refractivity contribution in [3.05, 3.63) is 0 Å². The maximum absolute atomic E-state index is 9.09. The van der Waals surface area contributed by atoms with Crippen molar-refractivity contribution in [2.75, 3.05) is 19.8 Å². The summed E-state index contributed by atoms with van der Waals surface area (Å²) in [6.07, 6.45) is 3.31. The fraction of sp³-hybridized carbons (Fsp3) is 0.800. The van der Waals surface area contributed by atoms with E-state index < -0.39 is 7.57 Å². The van der Waals surface area contributed by atoms with Crippen molar-refractivity contribution >= 4 is 13.9 Å². The molecular formula is C5H13O4P. The van der Waals surface area contributed by atoms with Crippen molar-refractivity contribution in [3.8, 4) is 0 Å².